The van der Waals surface area contributed by atoms with Gasteiger partial charge in [-0.05, 0) is 68.0 Å². The van der Waals surface area contributed by atoms with Crippen molar-refractivity contribution >= 4 is 11.9 Å². The topological polar surface area (TPSA) is 221 Å². The molecule has 4 aliphatic heterocycles. The first-order chi connectivity index (χ1) is 41.3. The summed E-state index contributed by atoms with van der Waals surface area (Å²) < 4.78 is 101. The van der Waals surface area contributed by atoms with E-state index >= 15 is 0 Å². The highest BCUT2D eigenvalue weighted by Gasteiger charge is 2.58. The van der Waals surface area contributed by atoms with Gasteiger partial charge >= 0.3 is 11.9 Å². The molecule has 4 heterocycles. The van der Waals surface area contributed by atoms with E-state index in [4.69, 9.17) is 71.1 Å². The molecule has 4 fully saturated rings. The second-order valence-corrected chi connectivity index (χ2v) is 21.8. The van der Waals surface area contributed by atoms with Crippen molar-refractivity contribution in [1.82, 2.24) is 0 Å². The molecule has 5 aromatic rings. The van der Waals surface area contributed by atoms with E-state index in [1.165, 1.54) is 21.0 Å². The van der Waals surface area contributed by atoms with Crippen molar-refractivity contribution in [3.8, 4) is 0 Å². The van der Waals surface area contributed by atoms with Crippen LogP contribution in [0.2, 0.25) is 0 Å². The Kier molecular flexibility index (Phi) is 23.1. The van der Waals surface area contributed by atoms with Crippen molar-refractivity contribution in [2.75, 3.05) is 7.11 Å². The quantitative estimate of drug-likeness (QED) is 0.0230. The zero-order valence-electron chi connectivity index (χ0n) is 49.3. The van der Waals surface area contributed by atoms with Gasteiger partial charge in [0.25, 0.3) is 0 Å². The molecule has 0 radical (unpaired) electrons. The van der Waals surface area contributed by atoms with Gasteiger partial charge < -0.3 is 71.1 Å². The third-order valence-electron chi connectivity index (χ3n) is 15.6. The van der Waals surface area contributed by atoms with Crippen LogP contribution in [0.3, 0.4) is 0 Å². The summed E-state index contributed by atoms with van der Waals surface area (Å²) in [5.74, 6) is -1.39. The van der Waals surface area contributed by atoms with Crippen LogP contribution in [-0.2, 0) is 114 Å². The van der Waals surface area contributed by atoms with Gasteiger partial charge in [-0.15, -0.1) is 0 Å². The summed E-state index contributed by atoms with van der Waals surface area (Å²) in [6.45, 7) is 12.5. The smallest absolute Gasteiger partial charge is 0.303 e. The van der Waals surface area contributed by atoms with Crippen LogP contribution in [0.5, 0.6) is 0 Å². The van der Waals surface area contributed by atoms with E-state index in [2.05, 4.69) is 10.0 Å². The van der Waals surface area contributed by atoms with Crippen LogP contribution in [0.25, 0.3) is 10.4 Å². The summed E-state index contributed by atoms with van der Waals surface area (Å²) >= 11 is 0. The van der Waals surface area contributed by atoms with Crippen LogP contribution in [0, 0.1) is 0 Å². The standard InChI is InChI=1S/C65H79N3O17/c1-39-51(67-68-66)56(75-37-49-30-20-12-21-31-49)60(71-8)63(78-39)84-58-53(73-35-47-26-16-10-17-27-47)42(4)80-65(62(58)82-45(7)70)85-59-54(74-36-48-28-18-11-19-29-48)41(3)79-64(61(59)81-44(6)69)83-55-43(5)77-40(2)52(72-34-46-24-14-9-15-25-46)57(55)76-38-50-32-22-13-23-33-50/h9-33,39-43,51-65H,34-38H2,1-8H3/t39?,40?,41?,42?,43-,51+,52-,53-,54-,55?,56-,57-,58-,59-,60?,61?,62?,63-,64-,65-/m0/s1. The third kappa shape index (κ3) is 16.7. The van der Waals surface area contributed by atoms with Crippen LogP contribution in [0.15, 0.2) is 157 Å². The molecule has 0 aliphatic carbocycles. The number of ether oxygens (including phenoxy) is 15. The average molecular weight is 1170 g/mol. The Morgan fingerprint density at radius 2 is 0.682 bits per heavy atom. The number of benzene rings is 5. The van der Waals surface area contributed by atoms with E-state index in [9.17, 15) is 15.1 Å². The lowest BCUT2D eigenvalue weighted by Crippen LogP contribution is -2.68. The number of methoxy groups -OCH3 is 1. The number of hydrogen-bond acceptors (Lipinski definition) is 18. The molecule has 20 heteroatoms. The van der Waals surface area contributed by atoms with Gasteiger partial charge in [0.2, 0.25) is 0 Å². The largest absolute Gasteiger partial charge is 0.454 e. The van der Waals surface area contributed by atoms with Gasteiger partial charge in [-0.2, -0.15) is 0 Å². The molecule has 0 spiro atoms. The summed E-state index contributed by atoms with van der Waals surface area (Å²) in [4.78, 5) is 30.4. The molecule has 8 unspecified atom stereocenters. The van der Waals surface area contributed by atoms with E-state index in [0.717, 1.165) is 27.8 Å². The SMILES string of the molecule is COC1[C@H](O[C@@H]2C(OC(C)=O)[C@H](O[C@@H]3C(OC(C)=O)[C@H](OC4[C@H](C)OC(C)[C@H](OCc5ccccc5)[C@@H]4OCc4ccccc4)OC(C)[C@@H]3OCc3ccccc3)OC(C)[C@@H]2OCc2ccccc2)OC(C)[C@@H](N=[N+]=[N-])[C@@H]1OCc1ccccc1. The maximum Gasteiger partial charge on any atom is 0.303 e. The van der Waals surface area contributed by atoms with E-state index in [0.29, 0.717) is 0 Å². The highest BCUT2D eigenvalue weighted by molar-refractivity contribution is 5.66. The van der Waals surface area contributed by atoms with E-state index in [1.807, 2.05) is 172 Å². The Bertz CT molecular complexity index is 2860. The zero-order valence-corrected chi connectivity index (χ0v) is 49.3. The number of carbonyl (C=O) groups is 2. The number of carbonyl (C=O) groups excluding carboxylic acids is 2. The van der Waals surface area contributed by atoms with Gasteiger partial charge in [-0.3, -0.25) is 9.59 Å². The van der Waals surface area contributed by atoms with Crippen LogP contribution >= 0.6 is 0 Å². The summed E-state index contributed by atoms with van der Waals surface area (Å²) in [7, 11) is 1.48. The van der Waals surface area contributed by atoms with E-state index < -0.39 is 135 Å². The molecule has 0 aromatic heterocycles. The lowest BCUT2D eigenvalue weighted by Gasteiger charge is -2.51. The normalized spacial score (nSPS) is 33.0. The van der Waals surface area contributed by atoms with E-state index in [-0.39, 0.29) is 33.0 Å². The minimum absolute atomic E-state index is 0.0923. The van der Waals surface area contributed by atoms with Crippen molar-refractivity contribution in [1.29, 1.82) is 0 Å². The van der Waals surface area contributed by atoms with Crippen molar-refractivity contribution in [2.24, 2.45) is 5.11 Å². The summed E-state index contributed by atoms with van der Waals surface area (Å²) in [6, 6.07) is 47.4. The van der Waals surface area contributed by atoms with Gasteiger partial charge in [0.1, 0.15) is 54.9 Å². The molecule has 0 amide bonds. The Hall–Kier alpha value is -6.17. The van der Waals surface area contributed by atoms with Gasteiger partial charge in [0, 0.05) is 25.9 Å². The maximum absolute atomic E-state index is 13.6. The van der Waals surface area contributed by atoms with Crippen LogP contribution in [0.1, 0.15) is 76.3 Å². The Balaban J connectivity index is 1.08. The number of rotatable bonds is 25. The lowest BCUT2D eigenvalue weighted by atomic mass is 9.94. The Morgan fingerprint density at radius 1 is 0.388 bits per heavy atom. The molecule has 456 valence electrons. The zero-order chi connectivity index (χ0) is 59.8. The number of hydrogen-bond donors (Lipinski definition) is 0. The molecular formula is C65H79N3O17. The predicted octanol–water partition coefficient (Wildman–Crippen LogP) is 9.67. The lowest BCUT2D eigenvalue weighted by molar-refractivity contribution is -0.386. The van der Waals surface area contributed by atoms with Gasteiger partial charge in [0.05, 0.1) is 69.6 Å². The number of esters is 2. The average Bonchev–Trinajstić information content (AvgIpc) is 2.39. The van der Waals surface area contributed by atoms with Crippen LogP contribution in [-0.4, -0.2) is 142 Å². The van der Waals surface area contributed by atoms with Crippen molar-refractivity contribution < 1.29 is 80.6 Å². The summed E-state index contributed by atoms with van der Waals surface area (Å²) in [5.41, 5.74) is 14.2. The van der Waals surface area contributed by atoms with Crippen molar-refractivity contribution in [2.45, 2.75) is 204 Å². The highest BCUT2D eigenvalue weighted by atomic mass is 16.8. The first-order valence-electron chi connectivity index (χ1n) is 29.1. The fourth-order valence-electron chi connectivity index (χ4n) is 11.4. The van der Waals surface area contributed by atoms with Crippen molar-refractivity contribution in [3.63, 3.8) is 0 Å². The molecule has 4 saturated heterocycles. The van der Waals surface area contributed by atoms with Gasteiger partial charge in [-0.25, -0.2) is 0 Å². The predicted molar refractivity (Wildman–Crippen MR) is 308 cm³/mol. The third-order valence-corrected chi connectivity index (χ3v) is 15.6. The van der Waals surface area contributed by atoms with Crippen LogP contribution < -0.4 is 0 Å². The summed E-state index contributed by atoms with van der Waals surface area (Å²) in [5, 5.41) is 4.11. The molecule has 20 atom stereocenters. The molecule has 0 N–H and O–H groups in total. The molecule has 0 bridgehead atoms. The second-order valence-electron chi connectivity index (χ2n) is 21.8. The van der Waals surface area contributed by atoms with Gasteiger partial charge in [-0.1, -0.05) is 157 Å². The Labute approximate surface area is 497 Å². The first kappa shape index (κ1) is 63.3. The Morgan fingerprint density at radius 3 is 1.04 bits per heavy atom. The highest BCUT2D eigenvalue weighted by Crippen LogP contribution is 2.40. The van der Waals surface area contributed by atoms with Gasteiger partial charge in [0.15, 0.2) is 31.1 Å². The minimum atomic E-state index is -1.49. The van der Waals surface area contributed by atoms with E-state index in [1.54, 1.807) is 13.8 Å². The first-order valence-corrected chi connectivity index (χ1v) is 29.1. The second kappa shape index (κ2) is 31.0. The monoisotopic (exact) mass is 1170 g/mol. The van der Waals surface area contributed by atoms with Crippen LogP contribution in [0.4, 0.5) is 0 Å². The molecule has 20 nitrogen and oxygen atoms in total. The molecule has 4 aliphatic rings. The fourth-order valence-corrected chi connectivity index (χ4v) is 11.4. The van der Waals surface area contributed by atoms with Crippen molar-refractivity contribution in [3.05, 3.63) is 190 Å². The molecular weight excluding hydrogens is 1090 g/mol. The molecule has 9 rings (SSSR count). The number of azide groups is 1. The maximum atomic E-state index is 13.6. The minimum Gasteiger partial charge on any atom is -0.454 e. The number of nitrogens with zero attached hydrogens (tertiary/aromatic N) is 3. The molecule has 85 heavy (non-hydrogen) atoms. The fraction of sp³-hybridized carbons (Fsp3) is 0.508. The molecule has 5 aromatic carbocycles. The molecule has 0 saturated carbocycles. The summed E-state index contributed by atoms with van der Waals surface area (Å²) in [6.07, 6.45) is -19.1.